The minimum absolute atomic E-state index is 0.0269. The van der Waals surface area contributed by atoms with Crippen LogP contribution < -0.4 is 4.72 Å². The third kappa shape index (κ3) is 2.68. The molecule has 0 aliphatic heterocycles. The number of rotatable bonds is 4. The van der Waals surface area contributed by atoms with Crippen LogP contribution in [0, 0.1) is 6.57 Å². The van der Waals surface area contributed by atoms with Crippen molar-refractivity contribution in [2.24, 2.45) is 7.05 Å². The molecule has 1 aliphatic carbocycles. The van der Waals surface area contributed by atoms with E-state index in [-0.39, 0.29) is 10.6 Å². The number of esters is 1. The van der Waals surface area contributed by atoms with Crippen LogP contribution in [0.2, 0.25) is 0 Å². The number of methoxy groups -OCH3 is 1. The molecule has 0 unspecified atom stereocenters. The highest BCUT2D eigenvalue weighted by atomic mass is 79.9. The number of nitrogens with one attached hydrogen (secondary N) is 1. The molecule has 0 amide bonds. The molecule has 1 aromatic heterocycles. The van der Waals surface area contributed by atoms with Crippen LogP contribution in [0.3, 0.4) is 0 Å². The van der Waals surface area contributed by atoms with Crippen LogP contribution in [0.15, 0.2) is 21.5 Å². The molecule has 0 radical (unpaired) electrons. The standard InChI is InChI=1S/C14H13BrN4O4S/c1-16-14(4-5-14)18-24(21,22)8-6-9-11(13(20)23-3)17-19(2)12(9)10(15)7-8/h6-7,18H,4-5H2,2-3H3. The molecule has 0 bridgehead atoms. The predicted molar refractivity (Wildman–Crippen MR) is 88.6 cm³/mol. The Morgan fingerprint density at radius 1 is 1.50 bits per heavy atom. The second kappa shape index (κ2) is 5.54. The molecular weight excluding hydrogens is 400 g/mol. The molecule has 2 aromatic rings. The lowest BCUT2D eigenvalue weighted by atomic mass is 10.2. The van der Waals surface area contributed by atoms with Gasteiger partial charge in [-0.2, -0.15) is 5.10 Å². The topological polar surface area (TPSA) is 94.7 Å². The summed E-state index contributed by atoms with van der Waals surface area (Å²) >= 11 is 3.32. The first-order valence-electron chi connectivity index (χ1n) is 6.90. The zero-order valence-electron chi connectivity index (χ0n) is 12.8. The number of sulfonamides is 1. The van der Waals surface area contributed by atoms with Gasteiger partial charge in [-0.1, -0.05) is 0 Å². The molecule has 8 nitrogen and oxygen atoms in total. The maximum atomic E-state index is 12.6. The van der Waals surface area contributed by atoms with Gasteiger partial charge in [-0.3, -0.25) is 9.53 Å². The molecule has 10 heteroatoms. The van der Waals surface area contributed by atoms with E-state index in [1.807, 2.05) is 0 Å². The van der Waals surface area contributed by atoms with Crippen molar-refractivity contribution in [2.75, 3.05) is 7.11 Å². The van der Waals surface area contributed by atoms with E-state index in [1.54, 1.807) is 7.05 Å². The second-order valence-electron chi connectivity index (χ2n) is 5.51. The van der Waals surface area contributed by atoms with Gasteiger partial charge in [0, 0.05) is 16.9 Å². The van der Waals surface area contributed by atoms with Gasteiger partial charge in [0.05, 0.1) is 30.4 Å². The number of aromatic nitrogens is 2. The summed E-state index contributed by atoms with van der Waals surface area (Å²) in [6.45, 7) is 7.12. The van der Waals surface area contributed by atoms with E-state index in [0.717, 1.165) is 0 Å². The van der Waals surface area contributed by atoms with Crippen LogP contribution in [0.25, 0.3) is 15.7 Å². The first-order chi connectivity index (χ1) is 11.2. The minimum Gasteiger partial charge on any atom is -0.464 e. The third-order valence-corrected chi connectivity index (χ3v) is 5.93. The Balaban J connectivity index is 2.17. The summed E-state index contributed by atoms with van der Waals surface area (Å²) in [7, 11) is -1.03. The molecule has 0 spiro atoms. The number of aryl methyl sites for hydroxylation is 1. The number of nitrogens with zero attached hydrogens (tertiary/aromatic N) is 3. The number of halogens is 1. The molecule has 1 saturated carbocycles. The van der Waals surface area contributed by atoms with Crippen molar-refractivity contribution in [3.05, 3.63) is 33.7 Å². The molecule has 0 atom stereocenters. The van der Waals surface area contributed by atoms with Crippen LogP contribution >= 0.6 is 15.9 Å². The lowest BCUT2D eigenvalue weighted by Gasteiger charge is -2.09. The van der Waals surface area contributed by atoms with Gasteiger partial charge in [0.2, 0.25) is 10.0 Å². The fraction of sp³-hybridized carbons (Fsp3) is 0.357. The zero-order valence-corrected chi connectivity index (χ0v) is 15.2. The number of fused-ring (bicyclic) bond motifs is 1. The van der Waals surface area contributed by atoms with Crippen LogP contribution in [0.4, 0.5) is 0 Å². The normalized spacial score (nSPS) is 15.9. The summed E-state index contributed by atoms with van der Waals surface area (Å²) in [5.74, 6) is -0.658. The number of carbonyl (C=O) groups is 1. The molecule has 1 N–H and O–H groups in total. The van der Waals surface area contributed by atoms with Crippen molar-refractivity contribution in [3.8, 4) is 0 Å². The van der Waals surface area contributed by atoms with Gasteiger partial charge < -0.3 is 4.74 Å². The number of carbonyl (C=O) groups excluding carboxylic acids is 1. The van der Waals surface area contributed by atoms with E-state index >= 15 is 0 Å². The van der Waals surface area contributed by atoms with E-state index in [4.69, 9.17) is 11.3 Å². The predicted octanol–water partition coefficient (Wildman–Crippen LogP) is 1.81. The fourth-order valence-electron chi connectivity index (χ4n) is 2.40. The minimum atomic E-state index is -3.90. The summed E-state index contributed by atoms with van der Waals surface area (Å²) in [6, 6.07) is 2.79. The molecule has 24 heavy (non-hydrogen) atoms. The van der Waals surface area contributed by atoms with E-state index in [9.17, 15) is 13.2 Å². The summed E-state index contributed by atoms with van der Waals surface area (Å²) in [6.07, 6.45) is 0.971. The molecule has 3 rings (SSSR count). The van der Waals surface area contributed by atoms with Crippen LogP contribution in [0.5, 0.6) is 0 Å². The highest BCUT2D eigenvalue weighted by molar-refractivity contribution is 9.10. The van der Waals surface area contributed by atoms with Crippen molar-refractivity contribution < 1.29 is 17.9 Å². The summed E-state index contributed by atoms with van der Waals surface area (Å²) in [4.78, 5) is 15.2. The van der Waals surface area contributed by atoms with Gasteiger partial charge in [-0.25, -0.2) is 19.8 Å². The fourth-order valence-corrected chi connectivity index (χ4v) is 4.69. The van der Waals surface area contributed by atoms with Gasteiger partial charge in [-0.15, -0.1) is 4.72 Å². The van der Waals surface area contributed by atoms with E-state index in [1.165, 1.54) is 23.9 Å². The molecule has 1 aliphatic rings. The average molecular weight is 413 g/mol. The number of benzene rings is 1. The largest absolute Gasteiger partial charge is 0.464 e. The van der Waals surface area contributed by atoms with Crippen molar-refractivity contribution in [3.63, 3.8) is 0 Å². The number of hydrogen-bond acceptors (Lipinski definition) is 5. The lowest BCUT2D eigenvalue weighted by molar-refractivity contribution is 0.0595. The van der Waals surface area contributed by atoms with Crippen molar-refractivity contribution in [1.82, 2.24) is 14.5 Å². The van der Waals surface area contributed by atoms with Gasteiger partial charge in [0.1, 0.15) is 0 Å². The maximum Gasteiger partial charge on any atom is 0.359 e. The zero-order chi connectivity index (χ0) is 17.7. The van der Waals surface area contributed by atoms with Gasteiger partial charge in [0.25, 0.3) is 5.66 Å². The van der Waals surface area contributed by atoms with Crippen molar-refractivity contribution >= 4 is 42.8 Å². The first-order valence-corrected chi connectivity index (χ1v) is 9.18. The van der Waals surface area contributed by atoms with Crippen LogP contribution in [0.1, 0.15) is 23.3 Å². The number of ether oxygens (including phenoxy) is 1. The molecule has 1 heterocycles. The molecule has 1 fully saturated rings. The molecule has 0 saturated heterocycles. The Hall–Kier alpha value is -1.96. The molecule has 126 valence electrons. The van der Waals surface area contributed by atoms with Crippen molar-refractivity contribution in [1.29, 1.82) is 0 Å². The lowest BCUT2D eigenvalue weighted by Crippen LogP contribution is -2.34. The van der Waals surface area contributed by atoms with Gasteiger partial charge in [-0.05, 0) is 28.1 Å². The monoisotopic (exact) mass is 412 g/mol. The second-order valence-corrected chi connectivity index (χ2v) is 8.05. The Kier molecular flexibility index (Phi) is 3.90. The highest BCUT2D eigenvalue weighted by Crippen LogP contribution is 2.39. The Morgan fingerprint density at radius 2 is 2.17 bits per heavy atom. The molecule has 1 aromatic carbocycles. The van der Waals surface area contributed by atoms with E-state index in [0.29, 0.717) is 28.2 Å². The summed E-state index contributed by atoms with van der Waals surface area (Å²) in [5.41, 5.74) is -0.444. The van der Waals surface area contributed by atoms with Crippen LogP contribution in [-0.4, -0.2) is 36.9 Å². The van der Waals surface area contributed by atoms with E-state index in [2.05, 4.69) is 30.6 Å². The maximum absolute atomic E-state index is 12.6. The van der Waals surface area contributed by atoms with Gasteiger partial charge in [0.15, 0.2) is 5.69 Å². The SMILES string of the molecule is [C-]#[N+]C1(NS(=O)(=O)c2cc(Br)c3c(c2)c(C(=O)OC)nn3C)CC1. The number of hydrogen-bond donors (Lipinski definition) is 1. The van der Waals surface area contributed by atoms with E-state index < -0.39 is 21.7 Å². The Morgan fingerprint density at radius 3 is 2.71 bits per heavy atom. The highest BCUT2D eigenvalue weighted by Gasteiger charge is 2.54. The third-order valence-electron chi connectivity index (χ3n) is 3.82. The summed E-state index contributed by atoms with van der Waals surface area (Å²) < 4.78 is 34.2. The van der Waals surface area contributed by atoms with Gasteiger partial charge >= 0.3 is 5.97 Å². The summed E-state index contributed by atoms with van der Waals surface area (Å²) in [5, 5.41) is 4.45. The van der Waals surface area contributed by atoms with Crippen LogP contribution in [-0.2, 0) is 21.8 Å². The Bertz CT molecular complexity index is 1000. The van der Waals surface area contributed by atoms with Crippen molar-refractivity contribution in [2.45, 2.75) is 23.4 Å². The Labute approximate surface area is 146 Å². The quantitative estimate of drug-likeness (QED) is 0.610. The molecular formula is C14H13BrN4O4S. The smallest absolute Gasteiger partial charge is 0.359 e. The average Bonchev–Trinajstić information content (AvgIpc) is 3.21. The first kappa shape index (κ1) is 16.9.